The van der Waals surface area contributed by atoms with Crippen LogP contribution in [0.1, 0.15) is 43.0 Å². The van der Waals surface area contributed by atoms with E-state index in [1.807, 2.05) is 39.0 Å². The van der Waals surface area contributed by atoms with Gasteiger partial charge in [-0.1, -0.05) is 48.0 Å². The summed E-state index contributed by atoms with van der Waals surface area (Å²) in [6.07, 6.45) is 0. The van der Waals surface area contributed by atoms with Gasteiger partial charge in [-0.2, -0.15) is 0 Å². The lowest BCUT2D eigenvalue weighted by Crippen LogP contribution is -2.39. The average Bonchev–Trinajstić information content (AvgIpc) is 2.82. The average molecular weight is 522 g/mol. The highest BCUT2D eigenvalue weighted by Crippen LogP contribution is 2.26. The SMILES string of the molecule is CC(C)CN(C(=O)c1cccc(Br)c1)C(C)c1nc2ccccc2c(=O)n1-c1ccc(F)cc1. The number of carbonyl (C=O) groups excluding carboxylic acids is 1. The molecule has 1 unspecified atom stereocenters. The summed E-state index contributed by atoms with van der Waals surface area (Å²) >= 11 is 3.44. The molecule has 34 heavy (non-hydrogen) atoms. The molecule has 0 N–H and O–H groups in total. The maximum Gasteiger partial charge on any atom is 0.266 e. The first-order valence-corrected chi connectivity index (χ1v) is 11.9. The fourth-order valence-corrected chi connectivity index (χ4v) is 4.41. The molecular weight excluding hydrogens is 497 g/mol. The second-order valence-corrected chi connectivity index (χ2v) is 9.56. The molecule has 0 saturated carbocycles. The van der Waals surface area contributed by atoms with Crippen molar-refractivity contribution in [2.24, 2.45) is 5.92 Å². The van der Waals surface area contributed by atoms with Gasteiger partial charge in [0, 0.05) is 16.6 Å². The number of rotatable bonds is 6. The molecule has 1 heterocycles. The normalized spacial score (nSPS) is 12.2. The van der Waals surface area contributed by atoms with Gasteiger partial charge in [0.25, 0.3) is 11.5 Å². The summed E-state index contributed by atoms with van der Waals surface area (Å²) in [7, 11) is 0. The molecule has 4 aromatic rings. The van der Waals surface area contributed by atoms with Crippen LogP contribution < -0.4 is 5.56 Å². The van der Waals surface area contributed by atoms with Crippen LogP contribution in [0.4, 0.5) is 4.39 Å². The Morgan fingerprint density at radius 2 is 1.74 bits per heavy atom. The molecule has 4 rings (SSSR count). The molecule has 0 radical (unpaired) electrons. The zero-order valence-corrected chi connectivity index (χ0v) is 20.8. The van der Waals surface area contributed by atoms with Crippen molar-refractivity contribution in [2.75, 3.05) is 6.54 Å². The molecule has 7 heteroatoms. The van der Waals surface area contributed by atoms with Gasteiger partial charge in [-0.25, -0.2) is 9.37 Å². The van der Waals surface area contributed by atoms with Gasteiger partial charge < -0.3 is 4.90 Å². The first-order chi connectivity index (χ1) is 16.3. The van der Waals surface area contributed by atoms with Crippen LogP contribution in [0.25, 0.3) is 16.6 Å². The standard InChI is InChI=1S/C27H25BrFN3O2/c1-17(2)16-31(26(33)19-7-6-8-20(28)15-19)18(3)25-30-24-10-5-4-9-23(24)27(34)32(25)22-13-11-21(29)12-14-22/h4-15,17-18H,16H2,1-3H3. The predicted molar refractivity (Wildman–Crippen MR) is 136 cm³/mol. The van der Waals surface area contributed by atoms with Crippen molar-refractivity contribution in [1.29, 1.82) is 0 Å². The van der Waals surface area contributed by atoms with Crippen molar-refractivity contribution in [2.45, 2.75) is 26.8 Å². The Labute approximate surface area is 206 Å². The lowest BCUT2D eigenvalue weighted by Gasteiger charge is -2.32. The van der Waals surface area contributed by atoms with E-state index in [0.29, 0.717) is 34.5 Å². The molecule has 1 aromatic heterocycles. The molecule has 0 aliphatic heterocycles. The van der Waals surface area contributed by atoms with Gasteiger partial charge in [0.1, 0.15) is 11.6 Å². The highest BCUT2D eigenvalue weighted by molar-refractivity contribution is 9.10. The lowest BCUT2D eigenvalue weighted by atomic mass is 10.1. The van der Waals surface area contributed by atoms with Gasteiger partial charge in [0.15, 0.2) is 0 Å². The van der Waals surface area contributed by atoms with Crippen LogP contribution in [-0.4, -0.2) is 26.9 Å². The minimum Gasteiger partial charge on any atom is -0.328 e. The lowest BCUT2D eigenvalue weighted by molar-refractivity contribution is 0.0655. The predicted octanol–water partition coefficient (Wildman–Crippen LogP) is 6.15. The number of benzene rings is 3. The molecule has 3 aromatic carbocycles. The van der Waals surface area contributed by atoms with Gasteiger partial charge >= 0.3 is 0 Å². The van der Waals surface area contributed by atoms with Crippen LogP contribution in [0.15, 0.2) is 82.1 Å². The molecule has 1 amide bonds. The van der Waals surface area contributed by atoms with Crippen LogP contribution in [0.3, 0.4) is 0 Å². The summed E-state index contributed by atoms with van der Waals surface area (Å²) in [6, 6.07) is 19.5. The first kappa shape index (κ1) is 23.8. The maximum atomic E-state index is 13.7. The number of fused-ring (bicyclic) bond motifs is 1. The Bertz CT molecular complexity index is 1400. The van der Waals surface area contributed by atoms with Crippen molar-refractivity contribution >= 4 is 32.7 Å². The zero-order chi connectivity index (χ0) is 24.4. The van der Waals surface area contributed by atoms with E-state index in [1.165, 1.54) is 16.7 Å². The Kier molecular flexibility index (Phi) is 6.93. The number of para-hydroxylation sites is 1. The second-order valence-electron chi connectivity index (χ2n) is 8.64. The van der Waals surface area contributed by atoms with E-state index in [4.69, 9.17) is 4.98 Å². The van der Waals surface area contributed by atoms with E-state index in [1.54, 1.807) is 47.4 Å². The molecule has 0 aliphatic carbocycles. The largest absolute Gasteiger partial charge is 0.328 e. The van der Waals surface area contributed by atoms with Crippen LogP contribution in [-0.2, 0) is 0 Å². The number of nitrogens with zero attached hydrogens (tertiary/aromatic N) is 3. The number of hydrogen-bond donors (Lipinski definition) is 0. The van der Waals surface area contributed by atoms with Crippen LogP contribution in [0, 0.1) is 11.7 Å². The minimum atomic E-state index is -0.531. The van der Waals surface area contributed by atoms with Gasteiger partial charge in [-0.3, -0.25) is 14.2 Å². The van der Waals surface area contributed by atoms with Gasteiger partial charge in [-0.05, 0) is 67.4 Å². The maximum absolute atomic E-state index is 13.7. The first-order valence-electron chi connectivity index (χ1n) is 11.1. The number of aromatic nitrogens is 2. The molecule has 0 spiro atoms. The summed E-state index contributed by atoms with van der Waals surface area (Å²) in [6.45, 7) is 6.41. The molecule has 0 fully saturated rings. The third-order valence-electron chi connectivity index (χ3n) is 5.62. The highest BCUT2D eigenvalue weighted by atomic mass is 79.9. The van der Waals surface area contributed by atoms with E-state index in [-0.39, 0.29) is 17.4 Å². The van der Waals surface area contributed by atoms with E-state index in [0.717, 1.165) is 4.47 Å². The summed E-state index contributed by atoms with van der Waals surface area (Å²) in [5.74, 6) is 0.0475. The molecule has 174 valence electrons. The molecule has 0 aliphatic rings. The quantitative estimate of drug-likeness (QED) is 0.306. The Balaban J connectivity index is 1.92. The fraction of sp³-hybridized carbons (Fsp3) is 0.222. The van der Waals surface area contributed by atoms with E-state index >= 15 is 0 Å². The topological polar surface area (TPSA) is 55.2 Å². The third kappa shape index (κ3) is 4.80. The van der Waals surface area contributed by atoms with E-state index in [2.05, 4.69) is 15.9 Å². The van der Waals surface area contributed by atoms with Crippen LogP contribution >= 0.6 is 15.9 Å². The van der Waals surface area contributed by atoms with Crippen molar-refractivity contribution in [3.63, 3.8) is 0 Å². The van der Waals surface area contributed by atoms with Gasteiger partial charge in [0.05, 0.1) is 22.6 Å². The molecule has 0 bridgehead atoms. The summed E-state index contributed by atoms with van der Waals surface area (Å²) in [5, 5.41) is 0.455. The van der Waals surface area contributed by atoms with Crippen molar-refractivity contribution in [3.05, 3.63) is 105 Å². The van der Waals surface area contributed by atoms with Crippen LogP contribution in [0.2, 0.25) is 0 Å². The zero-order valence-electron chi connectivity index (χ0n) is 19.2. The Morgan fingerprint density at radius 3 is 2.41 bits per heavy atom. The van der Waals surface area contributed by atoms with E-state index < -0.39 is 11.9 Å². The minimum absolute atomic E-state index is 0.157. The molecular formula is C27H25BrFN3O2. The van der Waals surface area contributed by atoms with Crippen molar-refractivity contribution in [1.82, 2.24) is 14.5 Å². The van der Waals surface area contributed by atoms with E-state index in [9.17, 15) is 14.0 Å². The smallest absolute Gasteiger partial charge is 0.266 e. The summed E-state index contributed by atoms with van der Waals surface area (Å²) < 4.78 is 15.9. The molecule has 1 atom stereocenters. The summed E-state index contributed by atoms with van der Waals surface area (Å²) in [4.78, 5) is 33.8. The highest BCUT2D eigenvalue weighted by Gasteiger charge is 2.28. The monoisotopic (exact) mass is 521 g/mol. The Hall–Kier alpha value is -3.32. The van der Waals surface area contributed by atoms with Crippen LogP contribution in [0.5, 0.6) is 0 Å². The van der Waals surface area contributed by atoms with Gasteiger partial charge in [0.2, 0.25) is 0 Å². The van der Waals surface area contributed by atoms with Gasteiger partial charge in [-0.15, -0.1) is 0 Å². The van der Waals surface area contributed by atoms with Crippen molar-refractivity contribution in [3.8, 4) is 5.69 Å². The fourth-order valence-electron chi connectivity index (χ4n) is 4.01. The molecule has 5 nitrogen and oxygen atoms in total. The number of hydrogen-bond acceptors (Lipinski definition) is 3. The molecule has 0 saturated heterocycles. The number of amides is 1. The number of carbonyl (C=O) groups is 1. The summed E-state index contributed by atoms with van der Waals surface area (Å²) in [5.41, 5.74) is 1.31. The Morgan fingerprint density at radius 1 is 1.03 bits per heavy atom. The second kappa shape index (κ2) is 9.89. The number of halogens is 2. The third-order valence-corrected chi connectivity index (χ3v) is 6.12. The van der Waals surface area contributed by atoms with Crippen molar-refractivity contribution < 1.29 is 9.18 Å².